The van der Waals surface area contributed by atoms with E-state index in [1.54, 1.807) is 42.6 Å². The monoisotopic (exact) mass is 479 g/mol. The van der Waals surface area contributed by atoms with Crippen LogP contribution in [0.15, 0.2) is 66.3 Å². The van der Waals surface area contributed by atoms with E-state index in [0.717, 1.165) is 15.6 Å². The molecule has 34 heavy (non-hydrogen) atoms. The summed E-state index contributed by atoms with van der Waals surface area (Å²) in [6.45, 7) is 0.147. The zero-order chi connectivity index (χ0) is 23.9. The Kier molecular flexibility index (Phi) is 7.21. The molecule has 0 saturated heterocycles. The lowest BCUT2D eigenvalue weighted by atomic mass is 10.2. The van der Waals surface area contributed by atoms with Crippen molar-refractivity contribution in [1.82, 2.24) is 10.3 Å². The van der Waals surface area contributed by atoms with Crippen LogP contribution in [0, 0.1) is 0 Å². The Bertz CT molecular complexity index is 1320. The molecule has 0 radical (unpaired) electrons. The zero-order valence-electron chi connectivity index (χ0n) is 17.9. The number of hydrogen-bond donors (Lipinski definition) is 4. The fourth-order valence-corrected chi connectivity index (χ4v) is 4.12. The van der Waals surface area contributed by atoms with Crippen molar-refractivity contribution >= 4 is 39.1 Å². The van der Waals surface area contributed by atoms with Crippen molar-refractivity contribution in [3.8, 4) is 17.2 Å². The number of phenols is 1. The van der Waals surface area contributed by atoms with Gasteiger partial charge >= 0.3 is 6.09 Å². The number of rotatable bonds is 8. The van der Waals surface area contributed by atoms with E-state index >= 15 is 0 Å². The van der Waals surface area contributed by atoms with Crippen molar-refractivity contribution in [1.29, 1.82) is 0 Å². The summed E-state index contributed by atoms with van der Waals surface area (Å²) >= 11 is 1.40. The van der Waals surface area contributed by atoms with Gasteiger partial charge in [-0.15, -0.1) is 11.3 Å². The van der Waals surface area contributed by atoms with Gasteiger partial charge in [0, 0.05) is 35.4 Å². The third-order valence-electron chi connectivity index (χ3n) is 4.75. The Balaban J connectivity index is 1.43. The first-order chi connectivity index (χ1) is 16.5. The number of phenolic OH excluding ortho intramolecular Hbond substituents is 1. The van der Waals surface area contributed by atoms with Crippen molar-refractivity contribution in [2.75, 3.05) is 18.5 Å². The van der Waals surface area contributed by atoms with Gasteiger partial charge in [-0.2, -0.15) is 0 Å². The first-order valence-electron chi connectivity index (χ1n) is 10.3. The number of pyridine rings is 1. The van der Waals surface area contributed by atoms with E-state index < -0.39 is 12.0 Å². The molecule has 9 nitrogen and oxygen atoms in total. The first kappa shape index (κ1) is 23.0. The first-order valence-corrected chi connectivity index (χ1v) is 11.2. The molecule has 2 heterocycles. The molecular weight excluding hydrogens is 458 g/mol. The van der Waals surface area contributed by atoms with Crippen molar-refractivity contribution < 1.29 is 29.3 Å². The molecule has 0 bridgehead atoms. The van der Waals surface area contributed by atoms with Gasteiger partial charge in [0.2, 0.25) is 0 Å². The molecule has 0 unspecified atom stereocenters. The van der Waals surface area contributed by atoms with Crippen LogP contribution in [0.1, 0.15) is 15.9 Å². The molecule has 0 aliphatic carbocycles. The van der Waals surface area contributed by atoms with Gasteiger partial charge in [0.05, 0.1) is 23.1 Å². The van der Waals surface area contributed by atoms with Crippen molar-refractivity contribution in [2.45, 2.75) is 6.61 Å². The number of aliphatic hydroxyl groups is 1. The number of aromatic nitrogens is 1. The van der Waals surface area contributed by atoms with Gasteiger partial charge in [-0.25, -0.2) is 4.79 Å². The number of nitrogens with zero attached hydrogens (tertiary/aromatic N) is 1. The Labute approximate surface area is 198 Å². The van der Waals surface area contributed by atoms with Crippen LogP contribution in [0.25, 0.3) is 10.1 Å². The molecule has 0 spiro atoms. The van der Waals surface area contributed by atoms with E-state index in [2.05, 4.69) is 15.6 Å². The highest BCUT2D eigenvalue weighted by Gasteiger charge is 2.14. The molecule has 2 aromatic carbocycles. The van der Waals surface area contributed by atoms with E-state index in [1.807, 2.05) is 5.38 Å². The average molecular weight is 480 g/mol. The minimum Gasteiger partial charge on any atom is -0.507 e. The van der Waals surface area contributed by atoms with Crippen LogP contribution in [0.3, 0.4) is 0 Å². The Morgan fingerprint density at radius 1 is 1.09 bits per heavy atom. The highest BCUT2D eigenvalue weighted by molar-refractivity contribution is 7.17. The molecular formula is C24H21N3O6S. The quantitative estimate of drug-likeness (QED) is 0.301. The number of fused-ring (bicyclic) bond motifs is 1. The molecule has 2 aromatic heterocycles. The molecule has 4 aromatic rings. The average Bonchev–Trinajstić information content (AvgIpc) is 3.26. The predicted molar refractivity (Wildman–Crippen MR) is 128 cm³/mol. The molecule has 0 saturated carbocycles. The zero-order valence-corrected chi connectivity index (χ0v) is 18.7. The maximum Gasteiger partial charge on any atom is 0.412 e. The Morgan fingerprint density at radius 3 is 2.76 bits per heavy atom. The van der Waals surface area contributed by atoms with Crippen LogP contribution in [-0.2, 0) is 6.61 Å². The van der Waals surface area contributed by atoms with Gasteiger partial charge in [0.1, 0.15) is 18.1 Å². The maximum atomic E-state index is 12.4. The molecule has 0 atom stereocenters. The standard InChI is InChI=1S/C24H21N3O6S/c28-9-8-26-24(31)33-21-12-25-11-19-15(14-34-22(19)21)13-32-17-5-3-4-16(10-17)27-23(30)18-6-1-2-7-20(18)29/h1-7,10-12,14,28-29H,8-9,13H2,(H,26,31)(H,27,30). The smallest absolute Gasteiger partial charge is 0.412 e. The maximum absolute atomic E-state index is 12.4. The van der Waals surface area contributed by atoms with Gasteiger partial charge in [0.15, 0.2) is 5.75 Å². The fourth-order valence-electron chi connectivity index (χ4n) is 3.14. The number of aromatic hydroxyl groups is 1. The summed E-state index contributed by atoms with van der Waals surface area (Å²) in [4.78, 5) is 28.4. The van der Waals surface area contributed by atoms with Crippen LogP contribution < -0.4 is 20.1 Å². The van der Waals surface area contributed by atoms with Crippen molar-refractivity contribution in [2.24, 2.45) is 0 Å². The second-order valence-corrected chi connectivity index (χ2v) is 7.98. The molecule has 4 rings (SSSR count). The number of benzene rings is 2. The van der Waals surface area contributed by atoms with Gasteiger partial charge < -0.3 is 30.3 Å². The van der Waals surface area contributed by atoms with Gasteiger partial charge in [-0.1, -0.05) is 18.2 Å². The Hall–Kier alpha value is -4.15. The lowest BCUT2D eigenvalue weighted by Crippen LogP contribution is -2.29. The van der Waals surface area contributed by atoms with E-state index in [0.29, 0.717) is 17.2 Å². The summed E-state index contributed by atoms with van der Waals surface area (Å²) < 4.78 is 12.0. The van der Waals surface area contributed by atoms with Crippen LogP contribution in [0.4, 0.5) is 10.5 Å². The molecule has 0 fully saturated rings. The minimum atomic E-state index is -0.669. The molecule has 2 amide bonds. The molecule has 0 aliphatic heterocycles. The predicted octanol–water partition coefficient (Wildman–Crippen LogP) is 3.91. The largest absolute Gasteiger partial charge is 0.507 e. The highest BCUT2D eigenvalue weighted by atomic mass is 32.1. The molecule has 174 valence electrons. The van der Waals surface area contributed by atoms with Crippen LogP contribution >= 0.6 is 11.3 Å². The van der Waals surface area contributed by atoms with E-state index in [9.17, 15) is 14.7 Å². The SMILES string of the molecule is O=C(NCCO)Oc1cncc2c(COc3cccc(NC(=O)c4ccccc4O)c3)csc12. The van der Waals surface area contributed by atoms with Gasteiger partial charge in [-0.05, 0) is 29.6 Å². The summed E-state index contributed by atoms with van der Waals surface area (Å²) in [6.07, 6.45) is 2.46. The number of aliphatic hydroxyl groups excluding tert-OH is 1. The number of thiophene rings is 1. The molecule has 0 aliphatic rings. The number of carbonyl (C=O) groups excluding carboxylic acids is 2. The number of amides is 2. The summed E-state index contributed by atoms with van der Waals surface area (Å²) in [5, 5.41) is 26.5. The number of anilines is 1. The lowest BCUT2D eigenvalue weighted by molar-refractivity contribution is 0.102. The summed E-state index contributed by atoms with van der Waals surface area (Å²) in [7, 11) is 0. The number of para-hydroxylation sites is 1. The van der Waals surface area contributed by atoms with Crippen LogP contribution in [0.2, 0.25) is 0 Å². The summed E-state index contributed by atoms with van der Waals surface area (Å²) in [6, 6.07) is 13.2. The van der Waals surface area contributed by atoms with Gasteiger partial charge in [0.25, 0.3) is 5.91 Å². The molecule has 4 N–H and O–H groups in total. The second-order valence-electron chi connectivity index (χ2n) is 7.10. The molecule has 10 heteroatoms. The number of nitrogens with one attached hydrogen (secondary N) is 2. The summed E-state index contributed by atoms with van der Waals surface area (Å²) in [5.74, 6) is 0.330. The van der Waals surface area contributed by atoms with Crippen molar-refractivity contribution in [3.63, 3.8) is 0 Å². The third-order valence-corrected chi connectivity index (χ3v) is 5.81. The second kappa shape index (κ2) is 10.6. The van der Waals surface area contributed by atoms with E-state index in [1.165, 1.54) is 29.7 Å². The lowest BCUT2D eigenvalue weighted by Gasteiger charge is -2.10. The minimum absolute atomic E-state index is 0.0950. The third kappa shape index (κ3) is 5.42. The van der Waals surface area contributed by atoms with Crippen LogP contribution in [-0.4, -0.2) is 40.3 Å². The number of ether oxygens (including phenoxy) is 2. The van der Waals surface area contributed by atoms with Gasteiger partial charge in [-0.3, -0.25) is 9.78 Å². The number of carbonyl (C=O) groups is 2. The van der Waals surface area contributed by atoms with E-state index in [4.69, 9.17) is 14.6 Å². The number of hydrogen-bond acceptors (Lipinski definition) is 8. The van der Waals surface area contributed by atoms with Crippen LogP contribution in [0.5, 0.6) is 17.2 Å². The Morgan fingerprint density at radius 2 is 1.94 bits per heavy atom. The van der Waals surface area contributed by atoms with Crippen molar-refractivity contribution in [3.05, 3.63) is 77.4 Å². The highest BCUT2D eigenvalue weighted by Crippen LogP contribution is 2.33. The normalized spacial score (nSPS) is 10.6. The fraction of sp³-hybridized carbons (Fsp3) is 0.125. The topological polar surface area (TPSA) is 130 Å². The summed E-state index contributed by atoms with van der Waals surface area (Å²) in [5.41, 5.74) is 1.55. The van der Waals surface area contributed by atoms with E-state index in [-0.39, 0.29) is 31.1 Å².